The molecule has 0 amide bonds. The van der Waals surface area contributed by atoms with Crippen molar-refractivity contribution >= 4 is 0 Å². The normalized spacial score (nSPS) is 9.40. The molecular weight excluding hydrogens is 252 g/mol. The average Bonchev–Trinajstić information content (AvgIpc) is 2.48. The van der Waals surface area contributed by atoms with E-state index in [1.807, 2.05) is 13.0 Å². The monoisotopic (exact) mass is 264 g/mol. The van der Waals surface area contributed by atoms with Gasteiger partial charge in [-0.25, -0.2) is 0 Å². The molecule has 0 aliphatic rings. The average molecular weight is 264 g/mol. The van der Waals surface area contributed by atoms with E-state index in [1.54, 1.807) is 36.4 Å². The summed E-state index contributed by atoms with van der Waals surface area (Å²) in [4.78, 5) is 0. The van der Waals surface area contributed by atoms with Gasteiger partial charge in [0.05, 0.1) is 30.4 Å². The molecule has 0 aromatic heterocycles. The smallest absolute Gasteiger partial charge is 0.169 e. The zero-order chi connectivity index (χ0) is 14.5. The van der Waals surface area contributed by atoms with Crippen molar-refractivity contribution < 1.29 is 9.47 Å². The number of hydrogen-bond acceptors (Lipinski definition) is 4. The number of ether oxygens (including phenoxy) is 2. The number of nitrogens with zero attached hydrogens (tertiary/aromatic N) is 2. The Morgan fingerprint density at radius 3 is 2.35 bits per heavy atom. The predicted molar refractivity (Wildman–Crippen MR) is 73.7 cm³/mol. The standard InChI is InChI=1S/C16H12N2O2/c1-11-7-14(5-4-13(11)10-18)20-15-6-3-12(9-17)8-16(15)19-2/h3-8H,1-2H3. The fraction of sp³-hybridized carbons (Fsp3) is 0.125. The van der Waals surface area contributed by atoms with Gasteiger partial charge in [0.2, 0.25) is 0 Å². The molecule has 0 saturated heterocycles. The highest BCUT2D eigenvalue weighted by molar-refractivity contribution is 5.49. The first-order valence-electron chi connectivity index (χ1n) is 5.94. The van der Waals surface area contributed by atoms with Gasteiger partial charge in [-0.1, -0.05) is 0 Å². The Kier molecular flexibility index (Phi) is 3.88. The number of benzene rings is 2. The third-order valence-electron chi connectivity index (χ3n) is 2.84. The summed E-state index contributed by atoms with van der Waals surface area (Å²) in [5.41, 5.74) is 1.96. The molecule has 4 nitrogen and oxygen atoms in total. The van der Waals surface area contributed by atoms with Crippen molar-refractivity contribution in [2.24, 2.45) is 0 Å². The highest BCUT2D eigenvalue weighted by Crippen LogP contribution is 2.32. The van der Waals surface area contributed by atoms with E-state index in [2.05, 4.69) is 6.07 Å². The van der Waals surface area contributed by atoms with Gasteiger partial charge >= 0.3 is 0 Å². The lowest BCUT2D eigenvalue weighted by atomic mass is 10.1. The molecule has 0 aliphatic carbocycles. The summed E-state index contributed by atoms with van der Waals surface area (Å²) in [5.74, 6) is 1.63. The van der Waals surface area contributed by atoms with E-state index in [4.69, 9.17) is 20.0 Å². The molecule has 0 radical (unpaired) electrons. The summed E-state index contributed by atoms with van der Waals surface area (Å²) in [7, 11) is 1.52. The highest BCUT2D eigenvalue weighted by atomic mass is 16.5. The molecule has 0 saturated carbocycles. The first kappa shape index (κ1) is 13.5. The van der Waals surface area contributed by atoms with Crippen LogP contribution < -0.4 is 9.47 Å². The minimum atomic E-state index is 0.492. The molecule has 4 heteroatoms. The molecule has 0 heterocycles. The summed E-state index contributed by atoms with van der Waals surface area (Å²) >= 11 is 0. The maximum Gasteiger partial charge on any atom is 0.169 e. The summed E-state index contributed by atoms with van der Waals surface area (Å²) in [6, 6.07) is 14.3. The molecule has 2 aromatic rings. The van der Waals surface area contributed by atoms with Gasteiger partial charge in [-0.3, -0.25) is 0 Å². The third-order valence-corrected chi connectivity index (χ3v) is 2.84. The molecule has 2 aromatic carbocycles. The molecule has 0 fully saturated rings. The van der Waals surface area contributed by atoms with E-state index in [0.717, 1.165) is 5.56 Å². The van der Waals surface area contributed by atoms with E-state index < -0.39 is 0 Å². The van der Waals surface area contributed by atoms with Crippen LogP contribution in [0.2, 0.25) is 0 Å². The zero-order valence-corrected chi connectivity index (χ0v) is 11.2. The van der Waals surface area contributed by atoms with E-state index >= 15 is 0 Å². The molecule has 2 rings (SSSR count). The lowest BCUT2D eigenvalue weighted by Gasteiger charge is -2.11. The van der Waals surface area contributed by atoms with Crippen LogP contribution in [-0.2, 0) is 0 Å². The predicted octanol–water partition coefficient (Wildman–Crippen LogP) is 3.54. The van der Waals surface area contributed by atoms with Crippen molar-refractivity contribution in [3.05, 3.63) is 53.1 Å². The molecular formula is C16H12N2O2. The zero-order valence-electron chi connectivity index (χ0n) is 11.2. The second-order valence-electron chi connectivity index (χ2n) is 4.17. The number of aryl methyl sites for hydroxylation is 1. The molecule has 0 bridgehead atoms. The molecule has 0 spiro atoms. The van der Waals surface area contributed by atoms with Gasteiger partial charge < -0.3 is 9.47 Å². The summed E-state index contributed by atoms with van der Waals surface area (Å²) in [6.45, 7) is 1.85. The first-order valence-corrected chi connectivity index (χ1v) is 5.94. The van der Waals surface area contributed by atoms with Crippen LogP contribution >= 0.6 is 0 Å². The number of rotatable bonds is 3. The lowest BCUT2D eigenvalue weighted by molar-refractivity contribution is 0.378. The molecule has 0 aliphatic heterocycles. The summed E-state index contributed by atoms with van der Waals surface area (Å²) in [5, 5.41) is 17.8. The minimum absolute atomic E-state index is 0.492. The van der Waals surface area contributed by atoms with Gasteiger partial charge in [0.25, 0.3) is 0 Å². The van der Waals surface area contributed by atoms with Crippen LogP contribution in [0.25, 0.3) is 0 Å². The molecule has 0 unspecified atom stereocenters. The SMILES string of the molecule is COc1cc(C#N)ccc1Oc1ccc(C#N)c(C)c1. The maximum atomic E-state index is 8.90. The Hall–Kier alpha value is -2.98. The Morgan fingerprint density at radius 2 is 1.75 bits per heavy atom. The van der Waals surface area contributed by atoms with Gasteiger partial charge in [-0.05, 0) is 42.8 Å². The minimum Gasteiger partial charge on any atom is -0.493 e. The van der Waals surface area contributed by atoms with Gasteiger partial charge in [-0.15, -0.1) is 0 Å². The van der Waals surface area contributed by atoms with E-state index in [-0.39, 0.29) is 0 Å². The van der Waals surface area contributed by atoms with E-state index in [9.17, 15) is 0 Å². The van der Waals surface area contributed by atoms with Crippen LogP contribution in [0.3, 0.4) is 0 Å². The van der Waals surface area contributed by atoms with Gasteiger partial charge in [0.1, 0.15) is 5.75 Å². The van der Waals surface area contributed by atoms with Crippen molar-refractivity contribution in [1.82, 2.24) is 0 Å². The fourth-order valence-electron chi connectivity index (χ4n) is 1.77. The number of methoxy groups -OCH3 is 1. The van der Waals surface area contributed by atoms with Crippen LogP contribution in [0.5, 0.6) is 17.2 Å². The van der Waals surface area contributed by atoms with Crippen molar-refractivity contribution in [1.29, 1.82) is 10.5 Å². The van der Waals surface area contributed by atoms with E-state index in [1.165, 1.54) is 7.11 Å². The van der Waals surface area contributed by atoms with Crippen molar-refractivity contribution in [3.63, 3.8) is 0 Å². The maximum absolute atomic E-state index is 8.90. The fourth-order valence-corrected chi connectivity index (χ4v) is 1.77. The second-order valence-corrected chi connectivity index (χ2v) is 4.17. The molecule has 98 valence electrons. The first-order chi connectivity index (χ1) is 9.67. The molecule has 20 heavy (non-hydrogen) atoms. The van der Waals surface area contributed by atoms with Gasteiger partial charge in [0, 0.05) is 6.07 Å². The summed E-state index contributed by atoms with van der Waals surface area (Å²) < 4.78 is 10.9. The lowest BCUT2D eigenvalue weighted by Crippen LogP contribution is -1.92. The van der Waals surface area contributed by atoms with Crippen molar-refractivity contribution in [2.75, 3.05) is 7.11 Å². The van der Waals surface area contributed by atoms with Gasteiger partial charge in [-0.2, -0.15) is 10.5 Å². The number of hydrogen-bond donors (Lipinski definition) is 0. The van der Waals surface area contributed by atoms with Crippen LogP contribution in [-0.4, -0.2) is 7.11 Å². The number of nitriles is 2. The Bertz CT molecular complexity index is 724. The largest absolute Gasteiger partial charge is 0.493 e. The Labute approximate surface area is 117 Å². The van der Waals surface area contributed by atoms with Crippen LogP contribution in [0.4, 0.5) is 0 Å². The Balaban J connectivity index is 2.33. The quantitative estimate of drug-likeness (QED) is 0.850. The Morgan fingerprint density at radius 1 is 0.950 bits per heavy atom. The second kappa shape index (κ2) is 5.77. The van der Waals surface area contributed by atoms with Crippen LogP contribution in [0.1, 0.15) is 16.7 Å². The van der Waals surface area contributed by atoms with E-state index in [0.29, 0.717) is 28.4 Å². The van der Waals surface area contributed by atoms with Gasteiger partial charge in [0.15, 0.2) is 11.5 Å². The molecule has 0 N–H and O–H groups in total. The summed E-state index contributed by atoms with van der Waals surface area (Å²) in [6.07, 6.45) is 0. The van der Waals surface area contributed by atoms with Crippen molar-refractivity contribution in [2.45, 2.75) is 6.92 Å². The third kappa shape index (κ3) is 2.71. The van der Waals surface area contributed by atoms with Crippen LogP contribution in [0, 0.1) is 29.6 Å². The highest BCUT2D eigenvalue weighted by Gasteiger charge is 2.08. The molecule has 0 atom stereocenters. The van der Waals surface area contributed by atoms with Crippen molar-refractivity contribution in [3.8, 4) is 29.4 Å². The topological polar surface area (TPSA) is 66.0 Å². The van der Waals surface area contributed by atoms with Crippen LogP contribution in [0.15, 0.2) is 36.4 Å².